The number of aliphatic hydroxyl groups excluding tert-OH is 2. The largest absolute Gasteiger partial charge is 0.472 e. The molecule has 3 N–H and O–H groups in total. The highest BCUT2D eigenvalue weighted by Crippen LogP contribution is 2.43. The number of allylic oxidation sites excluding steroid dienone is 10. The van der Waals surface area contributed by atoms with Crippen molar-refractivity contribution < 1.29 is 47.8 Å². The number of ether oxygens (including phenoxy) is 2. The summed E-state index contributed by atoms with van der Waals surface area (Å²) in [6.07, 6.45) is 54.9. The van der Waals surface area contributed by atoms with Crippen molar-refractivity contribution in [3.8, 4) is 0 Å². The van der Waals surface area contributed by atoms with Crippen LogP contribution in [0, 0.1) is 0 Å². The lowest BCUT2D eigenvalue weighted by molar-refractivity contribution is -0.161. The van der Waals surface area contributed by atoms with E-state index in [-0.39, 0.29) is 19.4 Å². The van der Waals surface area contributed by atoms with Crippen LogP contribution >= 0.6 is 7.82 Å². The number of phosphoric ester groups is 1. The predicted octanol–water partition coefficient (Wildman–Crippen LogP) is 14.2. The minimum atomic E-state index is -4.64. The van der Waals surface area contributed by atoms with Crippen molar-refractivity contribution >= 4 is 19.8 Å². The second kappa shape index (κ2) is 47.6. The normalized spacial score (nSPS) is 14.2. The van der Waals surface area contributed by atoms with E-state index < -0.39 is 51.8 Å². The van der Waals surface area contributed by atoms with Crippen LogP contribution in [0.5, 0.6) is 0 Å². The lowest BCUT2D eigenvalue weighted by atomic mass is 10.0. The summed E-state index contributed by atoms with van der Waals surface area (Å²) in [6.45, 7) is 2.30. The number of phosphoric acid groups is 1. The molecule has 0 radical (unpaired) electrons. The van der Waals surface area contributed by atoms with E-state index in [2.05, 4.69) is 74.6 Å². The zero-order valence-electron chi connectivity index (χ0n) is 40.0. The molecule has 3 atom stereocenters. The van der Waals surface area contributed by atoms with Crippen molar-refractivity contribution in [3.05, 3.63) is 60.8 Å². The Hall–Kier alpha value is -2.33. The highest BCUT2D eigenvalue weighted by molar-refractivity contribution is 7.47. The summed E-state index contributed by atoms with van der Waals surface area (Å²) in [7, 11) is -4.64. The molecule has 366 valence electrons. The van der Waals surface area contributed by atoms with E-state index in [0.29, 0.717) is 12.8 Å². The molecule has 11 heteroatoms. The van der Waals surface area contributed by atoms with Crippen LogP contribution in [0.15, 0.2) is 60.8 Å². The molecule has 0 aliphatic carbocycles. The fourth-order valence-electron chi connectivity index (χ4n) is 6.73. The van der Waals surface area contributed by atoms with Gasteiger partial charge in [0.1, 0.15) is 12.7 Å². The average Bonchev–Trinajstić information content (AvgIpc) is 3.27. The first-order valence-electron chi connectivity index (χ1n) is 25.2. The van der Waals surface area contributed by atoms with Gasteiger partial charge in [-0.05, 0) is 83.5 Å². The Morgan fingerprint density at radius 2 is 0.857 bits per heavy atom. The highest BCUT2D eigenvalue weighted by atomic mass is 31.2. The Morgan fingerprint density at radius 3 is 1.38 bits per heavy atom. The Labute approximate surface area is 385 Å². The molecular formula is C52H93O10P. The van der Waals surface area contributed by atoms with Crippen LogP contribution in [0.2, 0.25) is 0 Å². The minimum absolute atomic E-state index is 0.149. The van der Waals surface area contributed by atoms with Gasteiger partial charge in [0.2, 0.25) is 0 Å². The van der Waals surface area contributed by atoms with Gasteiger partial charge in [-0.2, -0.15) is 0 Å². The van der Waals surface area contributed by atoms with Crippen LogP contribution < -0.4 is 0 Å². The molecule has 0 aromatic carbocycles. The predicted molar refractivity (Wildman–Crippen MR) is 260 cm³/mol. The van der Waals surface area contributed by atoms with Gasteiger partial charge >= 0.3 is 19.8 Å². The number of unbranched alkanes of at least 4 members (excludes halogenated alkanes) is 23. The molecule has 1 unspecified atom stereocenters. The maximum absolute atomic E-state index is 12.6. The molecule has 0 aliphatic heterocycles. The van der Waals surface area contributed by atoms with Crippen LogP contribution in [0.25, 0.3) is 0 Å². The van der Waals surface area contributed by atoms with Crippen molar-refractivity contribution in [1.29, 1.82) is 0 Å². The van der Waals surface area contributed by atoms with Gasteiger partial charge in [-0.3, -0.25) is 18.6 Å². The molecular weight excluding hydrogens is 816 g/mol. The highest BCUT2D eigenvalue weighted by Gasteiger charge is 2.27. The summed E-state index contributed by atoms with van der Waals surface area (Å²) in [4.78, 5) is 35.1. The molecule has 10 nitrogen and oxygen atoms in total. The molecule has 0 amide bonds. The zero-order valence-corrected chi connectivity index (χ0v) is 40.9. The van der Waals surface area contributed by atoms with Crippen LogP contribution in [0.3, 0.4) is 0 Å². The number of esters is 2. The van der Waals surface area contributed by atoms with Crippen molar-refractivity contribution in [1.82, 2.24) is 0 Å². The van der Waals surface area contributed by atoms with Crippen molar-refractivity contribution in [2.75, 3.05) is 26.4 Å². The maximum atomic E-state index is 12.6. The third-order valence-corrected chi connectivity index (χ3v) is 11.6. The SMILES string of the molecule is CCCCC/C=C/C/C=C/C/C=C/CCCCCCC(=O)O[C@@H](COC(=O)CCC/C=C/CC/C=C/CCCCCCCCCCCCCCCC)COP(=O)(O)OC[C@H](O)CO. The number of aliphatic hydroxyl groups is 2. The van der Waals surface area contributed by atoms with Gasteiger partial charge < -0.3 is 24.6 Å². The molecule has 0 fully saturated rings. The molecule has 0 rings (SSSR count). The van der Waals surface area contributed by atoms with Gasteiger partial charge in [0.05, 0.1) is 19.8 Å². The lowest BCUT2D eigenvalue weighted by Gasteiger charge is -2.20. The second-order valence-corrected chi connectivity index (χ2v) is 18.3. The summed E-state index contributed by atoms with van der Waals surface area (Å²) in [5.74, 6) is -0.998. The van der Waals surface area contributed by atoms with Gasteiger partial charge in [-0.1, -0.05) is 184 Å². The number of rotatable bonds is 47. The molecule has 0 aromatic heterocycles. The van der Waals surface area contributed by atoms with Gasteiger partial charge in [-0.15, -0.1) is 0 Å². The van der Waals surface area contributed by atoms with E-state index in [0.717, 1.165) is 70.6 Å². The standard InChI is InChI=1S/C52H93O10P/c1-3-5-7-9-11-13-15-17-19-21-22-23-24-25-26-28-29-31-33-35-37-39-41-43-51(55)59-47-50(48-61-63(57,58)60-46-49(54)45-53)62-52(56)44-42-40-38-36-34-32-30-27-20-18-16-14-12-10-8-6-4-2/h12,14,18,20,28-30,32,35,37,49-50,53-54H,3-11,13,15-17,19,21-27,31,33-34,36,38-48H2,1-2H3,(H,57,58)/b14-12+,20-18+,29-28+,32-30+,37-35+/t49-,50+/m1/s1. The number of carbonyl (C=O) groups excluding carboxylic acids is 2. The van der Waals surface area contributed by atoms with Gasteiger partial charge in [-0.25, -0.2) is 4.57 Å². The third-order valence-electron chi connectivity index (χ3n) is 10.6. The molecule has 0 saturated carbocycles. The molecule has 0 bridgehead atoms. The van der Waals surface area contributed by atoms with Crippen molar-refractivity contribution in [2.45, 2.75) is 232 Å². The summed E-state index contributed by atoms with van der Waals surface area (Å²) in [5.41, 5.74) is 0. The van der Waals surface area contributed by atoms with Crippen LogP contribution in [-0.4, -0.2) is 65.7 Å². The monoisotopic (exact) mass is 909 g/mol. The number of carbonyl (C=O) groups is 2. The lowest BCUT2D eigenvalue weighted by Crippen LogP contribution is -2.29. The molecule has 0 saturated heterocycles. The Bertz CT molecular complexity index is 1230. The van der Waals surface area contributed by atoms with Crippen LogP contribution in [0.4, 0.5) is 0 Å². The average molecular weight is 909 g/mol. The molecule has 0 heterocycles. The molecule has 63 heavy (non-hydrogen) atoms. The van der Waals surface area contributed by atoms with Crippen molar-refractivity contribution in [2.24, 2.45) is 0 Å². The van der Waals surface area contributed by atoms with E-state index in [9.17, 15) is 24.2 Å². The number of hydrogen-bond acceptors (Lipinski definition) is 9. The van der Waals surface area contributed by atoms with E-state index in [1.165, 1.54) is 109 Å². The molecule has 0 spiro atoms. The smallest absolute Gasteiger partial charge is 0.462 e. The van der Waals surface area contributed by atoms with Gasteiger partial charge in [0, 0.05) is 12.8 Å². The first-order valence-corrected chi connectivity index (χ1v) is 26.7. The summed E-state index contributed by atoms with van der Waals surface area (Å²) >= 11 is 0. The fraction of sp³-hybridized carbons (Fsp3) is 0.769. The van der Waals surface area contributed by atoms with E-state index in [4.69, 9.17) is 23.6 Å². The number of hydrogen-bond donors (Lipinski definition) is 3. The van der Waals surface area contributed by atoms with Crippen molar-refractivity contribution in [3.63, 3.8) is 0 Å². The zero-order chi connectivity index (χ0) is 46.2. The topological polar surface area (TPSA) is 149 Å². The Kier molecular flexibility index (Phi) is 45.9. The molecule has 0 aliphatic rings. The van der Waals surface area contributed by atoms with Crippen LogP contribution in [0.1, 0.15) is 219 Å². The second-order valence-electron chi connectivity index (χ2n) is 16.8. The van der Waals surface area contributed by atoms with E-state index in [1.54, 1.807) is 0 Å². The summed E-state index contributed by atoms with van der Waals surface area (Å²) in [5, 5.41) is 18.4. The van der Waals surface area contributed by atoms with E-state index >= 15 is 0 Å². The third kappa shape index (κ3) is 47.5. The summed E-state index contributed by atoms with van der Waals surface area (Å²) < 4.78 is 32.8. The quantitative estimate of drug-likeness (QED) is 0.0233. The summed E-state index contributed by atoms with van der Waals surface area (Å²) in [6, 6.07) is 0. The minimum Gasteiger partial charge on any atom is -0.462 e. The maximum Gasteiger partial charge on any atom is 0.472 e. The van der Waals surface area contributed by atoms with Gasteiger partial charge in [0.25, 0.3) is 0 Å². The van der Waals surface area contributed by atoms with E-state index in [1.807, 2.05) is 0 Å². The molecule has 0 aromatic rings. The Balaban J connectivity index is 4.27. The van der Waals surface area contributed by atoms with Gasteiger partial charge in [0.15, 0.2) is 6.10 Å². The Morgan fingerprint density at radius 1 is 0.476 bits per heavy atom. The first-order chi connectivity index (χ1) is 30.7. The fourth-order valence-corrected chi connectivity index (χ4v) is 7.52. The van der Waals surface area contributed by atoms with Crippen LogP contribution in [-0.2, 0) is 32.7 Å². The first kappa shape index (κ1) is 60.7.